The number of rotatable bonds is 5. The fourth-order valence-electron chi connectivity index (χ4n) is 3.08. The summed E-state index contributed by atoms with van der Waals surface area (Å²) >= 11 is 7.13. The summed E-state index contributed by atoms with van der Waals surface area (Å²) in [6.45, 7) is 4.02. The molecular weight excluding hydrogens is 394 g/mol. The molecule has 4 rings (SSSR count). The molecule has 1 aliphatic heterocycles. The van der Waals surface area contributed by atoms with Crippen molar-refractivity contribution in [3.8, 4) is 0 Å². The van der Waals surface area contributed by atoms with Crippen LogP contribution in [0.2, 0.25) is 5.02 Å². The zero-order valence-corrected chi connectivity index (χ0v) is 16.7. The van der Waals surface area contributed by atoms with E-state index >= 15 is 0 Å². The quantitative estimate of drug-likeness (QED) is 0.552. The third-order valence-corrected chi connectivity index (χ3v) is 5.80. The molecule has 1 aliphatic rings. The number of carbonyl (C=O) groups excluding carboxylic acids is 1. The number of ketones is 1. The van der Waals surface area contributed by atoms with Crippen LogP contribution in [0.4, 0.5) is 22.3 Å². The molecule has 1 fully saturated rings. The Bertz CT molecular complexity index is 965. The number of anilines is 4. The average molecular weight is 414 g/mol. The van der Waals surface area contributed by atoms with Crippen molar-refractivity contribution in [3.63, 3.8) is 0 Å². The summed E-state index contributed by atoms with van der Waals surface area (Å²) in [5.74, 6) is 0.0682. The smallest absolute Gasteiger partial charge is 0.206 e. The van der Waals surface area contributed by atoms with Crippen molar-refractivity contribution in [2.45, 2.75) is 0 Å². The highest BCUT2D eigenvalue weighted by Gasteiger charge is 2.18. The minimum Gasteiger partial charge on any atom is -0.382 e. The van der Waals surface area contributed by atoms with Gasteiger partial charge in [0.25, 0.3) is 0 Å². The first-order chi connectivity index (χ1) is 13.6. The third-order valence-electron chi connectivity index (χ3n) is 4.57. The number of piperazine rings is 1. The number of hydrogen-bond donors (Lipinski definition) is 3. The van der Waals surface area contributed by atoms with Crippen molar-refractivity contribution in [1.82, 2.24) is 10.3 Å². The van der Waals surface area contributed by atoms with Gasteiger partial charge in [0.15, 0.2) is 5.13 Å². The Morgan fingerprint density at radius 3 is 2.46 bits per heavy atom. The Balaban J connectivity index is 1.47. The Morgan fingerprint density at radius 1 is 1.11 bits per heavy atom. The van der Waals surface area contributed by atoms with Crippen LogP contribution in [0.3, 0.4) is 0 Å². The number of aromatic nitrogens is 1. The van der Waals surface area contributed by atoms with E-state index in [9.17, 15) is 4.79 Å². The van der Waals surface area contributed by atoms with Gasteiger partial charge in [-0.15, -0.1) is 0 Å². The van der Waals surface area contributed by atoms with Crippen molar-refractivity contribution in [2.24, 2.45) is 0 Å². The summed E-state index contributed by atoms with van der Waals surface area (Å²) in [7, 11) is 0. The number of hydrogen-bond acceptors (Lipinski definition) is 7. The molecule has 8 heteroatoms. The predicted molar refractivity (Wildman–Crippen MR) is 116 cm³/mol. The molecule has 3 aromatic rings. The summed E-state index contributed by atoms with van der Waals surface area (Å²) in [5.41, 5.74) is 8.62. The second kappa shape index (κ2) is 8.18. The normalized spacial score (nSPS) is 14.1. The lowest BCUT2D eigenvalue weighted by molar-refractivity contribution is 0.104. The fourth-order valence-corrected chi connectivity index (χ4v) is 4.08. The van der Waals surface area contributed by atoms with Crippen LogP contribution in [0.25, 0.3) is 0 Å². The molecule has 144 valence electrons. The van der Waals surface area contributed by atoms with Gasteiger partial charge in [-0.3, -0.25) is 4.79 Å². The molecule has 0 saturated carbocycles. The first-order valence-corrected chi connectivity index (χ1v) is 10.2. The van der Waals surface area contributed by atoms with Crippen molar-refractivity contribution in [1.29, 1.82) is 0 Å². The van der Waals surface area contributed by atoms with E-state index in [4.69, 9.17) is 17.3 Å². The van der Waals surface area contributed by atoms with E-state index in [-0.39, 0.29) is 11.6 Å². The van der Waals surface area contributed by atoms with Crippen molar-refractivity contribution >= 4 is 51.0 Å². The SMILES string of the molecule is Nc1nc(Nc2ccc(N3CCNCC3)cc2)sc1C(=O)c1ccc(Cl)cc1. The number of nitrogens with one attached hydrogen (secondary N) is 2. The zero-order valence-electron chi connectivity index (χ0n) is 15.1. The van der Waals surface area contributed by atoms with Gasteiger partial charge >= 0.3 is 0 Å². The first-order valence-electron chi connectivity index (χ1n) is 8.99. The summed E-state index contributed by atoms with van der Waals surface area (Å²) < 4.78 is 0. The minimum atomic E-state index is -0.159. The molecule has 6 nitrogen and oxygen atoms in total. The van der Waals surface area contributed by atoms with Crippen molar-refractivity contribution in [2.75, 3.05) is 42.1 Å². The molecule has 0 amide bonds. The number of nitrogens with two attached hydrogens (primary N) is 1. The van der Waals surface area contributed by atoms with Crippen LogP contribution in [0.1, 0.15) is 15.2 Å². The van der Waals surface area contributed by atoms with Gasteiger partial charge in [-0.05, 0) is 48.5 Å². The van der Waals surface area contributed by atoms with Crippen LogP contribution in [-0.4, -0.2) is 36.9 Å². The Hall–Kier alpha value is -2.61. The Kier molecular flexibility index (Phi) is 5.47. The highest BCUT2D eigenvalue weighted by atomic mass is 35.5. The van der Waals surface area contributed by atoms with Gasteiger partial charge in [0.05, 0.1) is 0 Å². The summed E-state index contributed by atoms with van der Waals surface area (Å²) in [4.78, 5) is 19.7. The van der Waals surface area contributed by atoms with Crippen LogP contribution < -0.4 is 21.3 Å². The molecule has 1 saturated heterocycles. The lowest BCUT2D eigenvalue weighted by atomic mass is 10.1. The molecule has 0 atom stereocenters. The van der Waals surface area contributed by atoms with Crippen molar-refractivity contribution in [3.05, 3.63) is 64.0 Å². The Labute approximate surface area is 172 Å². The van der Waals surface area contributed by atoms with Crippen LogP contribution in [-0.2, 0) is 0 Å². The van der Waals surface area contributed by atoms with Crippen LogP contribution >= 0.6 is 22.9 Å². The predicted octanol–water partition coefficient (Wildman–Crippen LogP) is 3.76. The third kappa shape index (κ3) is 4.11. The lowest BCUT2D eigenvalue weighted by Crippen LogP contribution is -2.43. The summed E-state index contributed by atoms with van der Waals surface area (Å²) in [5, 5.41) is 7.76. The summed E-state index contributed by atoms with van der Waals surface area (Å²) in [6.07, 6.45) is 0. The van der Waals surface area contributed by atoms with Crippen LogP contribution in [0.15, 0.2) is 48.5 Å². The highest BCUT2D eigenvalue weighted by molar-refractivity contribution is 7.18. The van der Waals surface area contributed by atoms with E-state index in [1.54, 1.807) is 24.3 Å². The van der Waals surface area contributed by atoms with Gasteiger partial charge in [-0.1, -0.05) is 22.9 Å². The number of halogens is 1. The molecule has 2 aromatic carbocycles. The topological polar surface area (TPSA) is 83.3 Å². The van der Waals surface area contributed by atoms with Crippen molar-refractivity contribution < 1.29 is 4.79 Å². The average Bonchev–Trinajstić information content (AvgIpc) is 3.09. The fraction of sp³-hybridized carbons (Fsp3) is 0.200. The highest BCUT2D eigenvalue weighted by Crippen LogP contribution is 2.30. The van der Waals surface area contributed by atoms with Gasteiger partial charge in [0.1, 0.15) is 10.7 Å². The number of carbonyl (C=O) groups is 1. The van der Waals surface area contributed by atoms with Gasteiger partial charge in [-0.2, -0.15) is 0 Å². The molecule has 28 heavy (non-hydrogen) atoms. The molecule has 0 unspecified atom stereocenters. The second-order valence-corrected chi connectivity index (χ2v) is 7.91. The Morgan fingerprint density at radius 2 is 1.79 bits per heavy atom. The lowest BCUT2D eigenvalue weighted by Gasteiger charge is -2.29. The molecule has 0 spiro atoms. The van der Waals surface area contributed by atoms with Gasteiger partial charge in [0.2, 0.25) is 5.78 Å². The first kappa shape index (κ1) is 18.7. The van der Waals surface area contributed by atoms with Gasteiger partial charge in [-0.25, -0.2) is 4.98 Å². The molecule has 2 heterocycles. The second-order valence-electron chi connectivity index (χ2n) is 6.48. The molecular formula is C20H20ClN5OS. The maximum atomic E-state index is 12.7. The largest absolute Gasteiger partial charge is 0.382 e. The van der Waals surface area contributed by atoms with E-state index in [0.29, 0.717) is 20.6 Å². The van der Waals surface area contributed by atoms with E-state index in [1.807, 2.05) is 12.1 Å². The molecule has 0 radical (unpaired) electrons. The maximum Gasteiger partial charge on any atom is 0.206 e. The van der Waals surface area contributed by atoms with E-state index < -0.39 is 0 Å². The van der Waals surface area contributed by atoms with Crippen LogP contribution in [0, 0.1) is 0 Å². The van der Waals surface area contributed by atoms with Gasteiger partial charge < -0.3 is 21.3 Å². The van der Waals surface area contributed by atoms with Crippen LogP contribution in [0.5, 0.6) is 0 Å². The molecule has 4 N–H and O–H groups in total. The summed E-state index contributed by atoms with van der Waals surface area (Å²) in [6, 6.07) is 14.9. The minimum absolute atomic E-state index is 0.159. The molecule has 0 bridgehead atoms. The monoisotopic (exact) mass is 413 g/mol. The number of thiazole rings is 1. The maximum absolute atomic E-state index is 12.7. The number of nitrogen functional groups attached to an aromatic ring is 1. The van der Waals surface area contributed by atoms with E-state index in [0.717, 1.165) is 31.9 Å². The zero-order chi connectivity index (χ0) is 19.5. The van der Waals surface area contributed by atoms with E-state index in [1.165, 1.54) is 17.0 Å². The van der Waals surface area contributed by atoms with E-state index in [2.05, 4.69) is 32.7 Å². The van der Waals surface area contributed by atoms with Gasteiger partial charge in [0, 0.05) is 48.1 Å². The molecule has 1 aromatic heterocycles. The number of benzene rings is 2. The standard InChI is InChI=1S/C20H20ClN5OS/c21-14-3-1-13(2-4-14)17(27)18-19(22)25-20(28-18)24-15-5-7-16(8-6-15)26-11-9-23-10-12-26/h1-8,23H,9-12,22H2,(H,24,25). The number of nitrogens with zero attached hydrogens (tertiary/aromatic N) is 2. The molecule has 0 aliphatic carbocycles.